The van der Waals surface area contributed by atoms with Crippen molar-refractivity contribution in [3.63, 3.8) is 0 Å². The first-order chi connectivity index (χ1) is 9.66. The summed E-state index contributed by atoms with van der Waals surface area (Å²) in [6.45, 7) is 0. The Morgan fingerprint density at radius 2 is 1.35 bits per heavy atom. The Bertz CT molecular complexity index is 814. The standard InChI is InChI=1S/C16H12N2O2/c17-13-14(16(20)15(13)19)18-12-8-6-11(7-9-12)10-4-2-1-3-5-10/h1-9,18H,17H2. The highest BCUT2D eigenvalue weighted by Crippen LogP contribution is 2.23. The molecule has 4 nitrogen and oxygen atoms in total. The summed E-state index contributed by atoms with van der Waals surface area (Å²) in [4.78, 5) is 22.3. The van der Waals surface area contributed by atoms with Crippen LogP contribution in [0.15, 0.2) is 64.2 Å². The van der Waals surface area contributed by atoms with Crippen LogP contribution >= 0.6 is 0 Å². The van der Waals surface area contributed by atoms with Crippen molar-refractivity contribution in [1.82, 2.24) is 0 Å². The third-order valence-corrected chi connectivity index (χ3v) is 3.21. The molecule has 3 aromatic rings. The van der Waals surface area contributed by atoms with Gasteiger partial charge in [0.25, 0.3) is 10.9 Å². The monoisotopic (exact) mass is 264 g/mol. The van der Waals surface area contributed by atoms with Gasteiger partial charge in [0.05, 0.1) is 0 Å². The second-order valence-corrected chi connectivity index (χ2v) is 4.52. The molecule has 0 aliphatic rings. The van der Waals surface area contributed by atoms with Crippen molar-refractivity contribution < 1.29 is 0 Å². The molecule has 0 bridgehead atoms. The van der Waals surface area contributed by atoms with E-state index in [0.717, 1.165) is 16.8 Å². The van der Waals surface area contributed by atoms with Gasteiger partial charge in [0.1, 0.15) is 11.4 Å². The van der Waals surface area contributed by atoms with Crippen LogP contribution in [0.5, 0.6) is 0 Å². The highest BCUT2D eigenvalue weighted by molar-refractivity contribution is 5.77. The first kappa shape index (κ1) is 12.2. The molecule has 0 aliphatic heterocycles. The van der Waals surface area contributed by atoms with Crippen molar-refractivity contribution in [3.05, 3.63) is 75.0 Å². The summed E-state index contributed by atoms with van der Waals surface area (Å²) in [6, 6.07) is 17.6. The number of hydrogen-bond donors (Lipinski definition) is 2. The lowest BCUT2D eigenvalue weighted by Gasteiger charge is -2.10. The molecule has 0 saturated carbocycles. The van der Waals surface area contributed by atoms with Gasteiger partial charge in [-0.2, -0.15) is 0 Å². The van der Waals surface area contributed by atoms with E-state index < -0.39 is 10.9 Å². The van der Waals surface area contributed by atoms with Gasteiger partial charge in [0, 0.05) is 5.69 Å². The maximum atomic E-state index is 11.3. The van der Waals surface area contributed by atoms with Gasteiger partial charge >= 0.3 is 0 Å². The molecule has 0 aliphatic carbocycles. The highest BCUT2D eigenvalue weighted by atomic mass is 16.2. The van der Waals surface area contributed by atoms with Crippen molar-refractivity contribution in [2.24, 2.45) is 0 Å². The molecule has 3 N–H and O–H groups in total. The first-order valence-corrected chi connectivity index (χ1v) is 6.18. The smallest absolute Gasteiger partial charge is 0.253 e. The topological polar surface area (TPSA) is 72.2 Å². The molecule has 0 amide bonds. The Labute approximate surface area is 115 Å². The quantitative estimate of drug-likeness (QED) is 0.712. The van der Waals surface area contributed by atoms with E-state index in [1.807, 2.05) is 54.6 Å². The lowest BCUT2D eigenvalue weighted by molar-refractivity contribution is 1.39. The molecule has 0 spiro atoms. The van der Waals surface area contributed by atoms with Gasteiger partial charge in [-0.15, -0.1) is 0 Å². The van der Waals surface area contributed by atoms with Crippen molar-refractivity contribution in [3.8, 4) is 11.1 Å². The van der Waals surface area contributed by atoms with E-state index in [1.165, 1.54) is 0 Å². The second-order valence-electron chi connectivity index (χ2n) is 4.52. The molecule has 0 unspecified atom stereocenters. The molecule has 3 aromatic carbocycles. The summed E-state index contributed by atoms with van der Waals surface area (Å²) >= 11 is 0. The third kappa shape index (κ3) is 1.97. The van der Waals surface area contributed by atoms with Crippen LogP contribution in [0.4, 0.5) is 17.1 Å². The molecule has 0 heterocycles. The zero-order valence-corrected chi connectivity index (χ0v) is 10.6. The van der Waals surface area contributed by atoms with E-state index in [0.29, 0.717) is 0 Å². The van der Waals surface area contributed by atoms with E-state index in [-0.39, 0.29) is 11.4 Å². The number of nitrogens with one attached hydrogen (secondary N) is 1. The zero-order valence-electron chi connectivity index (χ0n) is 10.6. The second kappa shape index (κ2) is 4.66. The van der Waals surface area contributed by atoms with Crippen molar-refractivity contribution in [2.75, 3.05) is 11.1 Å². The molecule has 3 rings (SSSR count). The van der Waals surface area contributed by atoms with E-state index in [4.69, 9.17) is 5.73 Å². The van der Waals surface area contributed by atoms with Gasteiger partial charge in [-0.05, 0) is 23.3 Å². The minimum absolute atomic E-state index is 0.00198. The molecule has 0 atom stereocenters. The Hall–Kier alpha value is -2.88. The maximum Gasteiger partial charge on any atom is 0.253 e. The molecule has 4 heteroatoms. The van der Waals surface area contributed by atoms with Crippen LogP contribution in [0.1, 0.15) is 0 Å². The van der Waals surface area contributed by atoms with Crippen molar-refractivity contribution in [2.45, 2.75) is 0 Å². The van der Waals surface area contributed by atoms with Gasteiger partial charge in [0.2, 0.25) is 0 Å². The Morgan fingerprint density at radius 1 is 0.750 bits per heavy atom. The fourth-order valence-corrected chi connectivity index (χ4v) is 2.05. The number of rotatable bonds is 3. The molecule has 98 valence electrons. The molecule has 0 aromatic heterocycles. The SMILES string of the molecule is Nc1c(Nc2ccc(-c3ccccc3)cc2)c(=O)c1=O. The molecule has 20 heavy (non-hydrogen) atoms. The van der Waals surface area contributed by atoms with Crippen LogP contribution < -0.4 is 21.9 Å². The number of benzene rings is 2. The Morgan fingerprint density at radius 3 is 1.95 bits per heavy atom. The van der Waals surface area contributed by atoms with E-state index in [1.54, 1.807) is 0 Å². The summed E-state index contributed by atoms with van der Waals surface area (Å²) in [5.41, 5.74) is 7.40. The van der Waals surface area contributed by atoms with Crippen LogP contribution in [0.3, 0.4) is 0 Å². The minimum Gasteiger partial charge on any atom is -0.394 e. The predicted molar refractivity (Wildman–Crippen MR) is 80.9 cm³/mol. The first-order valence-electron chi connectivity index (χ1n) is 6.18. The average molecular weight is 264 g/mol. The predicted octanol–water partition coefficient (Wildman–Crippen LogP) is 2.28. The molecule has 0 saturated heterocycles. The normalized spacial score (nSPS) is 10.6. The molecular weight excluding hydrogens is 252 g/mol. The number of nitrogen functional groups attached to an aromatic ring is 1. The van der Waals surface area contributed by atoms with Gasteiger partial charge < -0.3 is 11.1 Å². The van der Waals surface area contributed by atoms with Gasteiger partial charge in [-0.1, -0.05) is 42.5 Å². The molecule has 0 fully saturated rings. The summed E-state index contributed by atoms with van der Waals surface area (Å²) in [5, 5.41) is 2.87. The zero-order chi connectivity index (χ0) is 14.1. The number of anilines is 3. The summed E-state index contributed by atoms with van der Waals surface area (Å²) in [6.07, 6.45) is 0. The number of hydrogen-bond acceptors (Lipinski definition) is 4. The summed E-state index contributed by atoms with van der Waals surface area (Å²) in [7, 11) is 0. The van der Waals surface area contributed by atoms with Crippen molar-refractivity contribution in [1.29, 1.82) is 0 Å². The van der Waals surface area contributed by atoms with Crippen LogP contribution in [0, 0.1) is 0 Å². The van der Waals surface area contributed by atoms with E-state index in [9.17, 15) is 9.59 Å². The summed E-state index contributed by atoms with van der Waals surface area (Å²) in [5.74, 6) is 0. The Kier molecular flexibility index (Phi) is 2.84. The maximum absolute atomic E-state index is 11.3. The third-order valence-electron chi connectivity index (χ3n) is 3.21. The largest absolute Gasteiger partial charge is 0.394 e. The fourth-order valence-electron chi connectivity index (χ4n) is 2.05. The number of nitrogens with two attached hydrogens (primary N) is 1. The van der Waals surface area contributed by atoms with Crippen molar-refractivity contribution >= 4 is 17.1 Å². The average Bonchev–Trinajstić information content (AvgIpc) is 2.53. The van der Waals surface area contributed by atoms with Gasteiger partial charge in [-0.25, -0.2) is 0 Å². The van der Waals surface area contributed by atoms with Gasteiger partial charge in [-0.3, -0.25) is 9.59 Å². The van der Waals surface area contributed by atoms with Crippen LogP contribution in [-0.4, -0.2) is 0 Å². The van der Waals surface area contributed by atoms with Crippen LogP contribution in [0.25, 0.3) is 11.1 Å². The minimum atomic E-state index is -0.617. The fraction of sp³-hybridized carbons (Fsp3) is 0. The lowest BCUT2D eigenvalue weighted by atomic mass is 10.1. The van der Waals surface area contributed by atoms with Crippen LogP contribution in [0.2, 0.25) is 0 Å². The van der Waals surface area contributed by atoms with Crippen LogP contribution in [-0.2, 0) is 0 Å². The molecular formula is C16H12N2O2. The Balaban J connectivity index is 1.84. The molecule has 0 radical (unpaired) electrons. The van der Waals surface area contributed by atoms with E-state index in [2.05, 4.69) is 5.32 Å². The van der Waals surface area contributed by atoms with E-state index >= 15 is 0 Å². The van der Waals surface area contributed by atoms with Gasteiger partial charge in [0.15, 0.2) is 0 Å². The lowest BCUT2D eigenvalue weighted by Crippen LogP contribution is -2.36. The highest BCUT2D eigenvalue weighted by Gasteiger charge is 2.17. The summed E-state index contributed by atoms with van der Waals surface area (Å²) < 4.78 is 0.